The van der Waals surface area contributed by atoms with Crippen molar-refractivity contribution in [1.29, 1.82) is 0 Å². The zero-order chi connectivity index (χ0) is 17.9. The Balaban J connectivity index is 0. The second kappa shape index (κ2) is 6.46. The van der Waals surface area contributed by atoms with Crippen LogP contribution in [0.25, 0.3) is 0 Å². The SMILES string of the molecule is NC(F)(F)C(F)(F)CC(F)(F)F.NC(F)(F)CC(F)(F)F. The maximum absolute atomic E-state index is 11.8. The molecule has 21 heavy (non-hydrogen) atoms. The molecule has 0 aliphatic carbocycles. The zero-order valence-corrected chi connectivity index (χ0v) is 9.60. The second-order valence-corrected chi connectivity index (χ2v) is 3.67. The van der Waals surface area contributed by atoms with Gasteiger partial charge in [-0.15, -0.1) is 0 Å². The maximum atomic E-state index is 11.8. The van der Waals surface area contributed by atoms with E-state index in [1.807, 2.05) is 0 Å². The molecule has 0 amide bonds. The summed E-state index contributed by atoms with van der Waals surface area (Å²) in [7, 11) is 0. The molecule has 0 aliphatic rings. The molecule has 0 aromatic carbocycles. The van der Waals surface area contributed by atoms with Gasteiger partial charge in [0.15, 0.2) is 0 Å². The van der Waals surface area contributed by atoms with Crippen LogP contribution in [0.5, 0.6) is 0 Å². The Morgan fingerprint density at radius 1 is 0.524 bits per heavy atom. The van der Waals surface area contributed by atoms with E-state index in [4.69, 9.17) is 0 Å². The summed E-state index contributed by atoms with van der Waals surface area (Å²) in [5.74, 6) is -5.26. The van der Waals surface area contributed by atoms with Crippen LogP contribution in [-0.2, 0) is 0 Å². The van der Waals surface area contributed by atoms with Gasteiger partial charge in [-0.2, -0.15) is 52.7 Å². The highest BCUT2D eigenvalue weighted by atomic mass is 19.4. The van der Waals surface area contributed by atoms with E-state index in [0.29, 0.717) is 0 Å². The van der Waals surface area contributed by atoms with Gasteiger partial charge in [-0.25, -0.2) is 0 Å². The number of alkyl halides is 12. The molecule has 4 N–H and O–H groups in total. The Kier molecular flexibility index (Phi) is 6.88. The third-order valence-corrected chi connectivity index (χ3v) is 1.35. The van der Waals surface area contributed by atoms with E-state index in [1.165, 1.54) is 0 Å². The van der Waals surface area contributed by atoms with Crippen LogP contribution in [0.2, 0.25) is 0 Å². The first-order valence-corrected chi connectivity index (χ1v) is 4.51. The van der Waals surface area contributed by atoms with E-state index < -0.39 is 43.2 Å². The van der Waals surface area contributed by atoms with Gasteiger partial charge in [-0.05, 0) is 0 Å². The number of hydrogen-bond donors (Lipinski definition) is 2. The lowest BCUT2D eigenvalue weighted by Crippen LogP contribution is -2.50. The van der Waals surface area contributed by atoms with Gasteiger partial charge < -0.3 is 0 Å². The Morgan fingerprint density at radius 3 is 0.857 bits per heavy atom. The summed E-state index contributed by atoms with van der Waals surface area (Å²) in [5, 5.41) is 0. The van der Waals surface area contributed by atoms with Gasteiger partial charge in [0.25, 0.3) is 0 Å². The van der Waals surface area contributed by atoms with Gasteiger partial charge >= 0.3 is 30.4 Å². The van der Waals surface area contributed by atoms with Crippen molar-refractivity contribution in [2.75, 3.05) is 0 Å². The normalized spacial score (nSPS) is 14.6. The van der Waals surface area contributed by atoms with Gasteiger partial charge in [0.05, 0.1) is 0 Å². The molecule has 0 aromatic rings. The van der Waals surface area contributed by atoms with Crippen LogP contribution >= 0.6 is 0 Å². The maximum Gasteiger partial charge on any atom is 0.396 e. The third kappa shape index (κ3) is 13.8. The summed E-state index contributed by atoms with van der Waals surface area (Å²) in [6.07, 6.45) is -15.5. The van der Waals surface area contributed by atoms with Crippen LogP contribution in [0.15, 0.2) is 0 Å². The Labute approximate surface area is 109 Å². The molecule has 0 aromatic heterocycles. The predicted octanol–water partition coefficient (Wildman–Crippen LogP) is 3.62. The highest BCUT2D eigenvalue weighted by Crippen LogP contribution is 2.39. The quantitative estimate of drug-likeness (QED) is 0.605. The topological polar surface area (TPSA) is 52.0 Å². The van der Waals surface area contributed by atoms with Crippen LogP contribution in [0.4, 0.5) is 52.7 Å². The first-order valence-electron chi connectivity index (χ1n) is 4.51. The summed E-state index contributed by atoms with van der Waals surface area (Å²) in [4.78, 5) is 0. The van der Waals surface area contributed by atoms with Crippen molar-refractivity contribution in [2.24, 2.45) is 11.5 Å². The minimum absolute atomic E-state index is 2.26. The first kappa shape index (κ1) is 22.4. The zero-order valence-electron chi connectivity index (χ0n) is 9.60. The van der Waals surface area contributed by atoms with Crippen LogP contribution < -0.4 is 11.5 Å². The van der Waals surface area contributed by atoms with Crippen molar-refractivity contribution in [3.8, 4) is 0 Å². The van der Waals surface area contributed by atoms with Crippen molar-refractivity contribution in [1.82, 2.24) is 0 Å². The van der Waals surface area contributed by atoms with Gasteiger partial charge in [-0.3, -0.25) is 11.5 Å². The molecule has 0 heterocycles. The molecule has 0 unspecified atom stereocenters. The molecular formula is C7H8F12N2. The Morgan fingerprint density at radius 2 is 0.810 bits per heavy atom. The molecule has 0 radical (unpaired) electrons. The van der Waals surface area contributed by atoms with Crippen molar-refractivity contribution in [2.45, 2.75) is 43.2 Å². The fourth-order valence-electron chi connectivity index (χ4n) is 0.637. The summed E-state index contributed by atoms with van der Waals surface area (Å²) < 4.78 is 136. The smallest absolute Gasteiger partial charge is 0.272 e. The van der Waals surface area contributed by atoms with Gasteiger partial charge in [0.2, 0.25) is 0 Å². The van der Waals surface area contributed by atoms with Gasteiger partial charge in [0, 0.05) is 0 Å². The van der Waals surface area contributed by atoms with Crippen molar-refractivity contribution in [3.05, 3.63) is 0 Å². The highest BCUT2D eigenvalue weighted by Gasteiger charge is 2.58. The molecule has 0 saturated carbocycles. The predicted molar refractivity (Wildman–Crippen MR) is 44.6 cm³/mol. The van der Waals surface area contributed by atoms with E-state index in [1.54, 1.807) is 0 Å². The molecule has 0 fully saturated rings. The number of halogens is 12. The lowest BCUT2D eigenvalue weighted by Gasteiger charge is -2.23. The molecule has 0 aliphatic heterocycles. The van der Waals surface area contributed by atoms with Crippen LogP contribution in [0, 0.1) is 0 Å². The Hall–Kier alpha value is -0.920. The van der Waals surface area contributed by atoms with Crippen LogP contribution in [0.1, 0.15) is 12.8 Å². The van der Waals surface area contributed by atoms with Crippen LogP contribution in [0.3, 0.4) is 0 Å². The summed E-state index contributed by atoms with van der Waals surface area (Å²) >= 11 is 0. The van der Waals surface area contributed by atoms with E-state index in [0.717, 1.165) is 0 Å². The minimum atomic E-state index is -5.37. The molecule has 2 nitrogen and oxygen atoms in total. The van der Waals surface area contributed by atoms with E-state index in [9.17, 15) is 52.7 Å². The average Bonchev–Trinajstić information content (AvgIpc) is 1.87. The Bertz CT molecular complexity index is 294. The number of nitrogens with two attached hydrogens (primary N) is 2. The van der Waals surface area contributed by atoms with E-state index >= 15 is 0 Å². The lowest BCUT2D eigenvalue weighted by molar-refractivity contribution is -0.261. The fourth-order valence-corrected chi connectivity index (χ4v) is 0.637. The summed E-state index contributed by atoms with van der Waals surface area (Å²) in [6.45, 7) is 0. The van der Waals surface area contributed by atoms with E-state index in [2.05, 4.69) is 11.5 Å². The van der Waals surface area contributed by atoms with Gasteiger partial charge in [-0.1, -0.05) is 0 Å². The van der Waals surface area contributed by atoms with Crippen molar-refractivity contribution in [3.63, 3.8) is 0 Å². The van der Waals surface area contributed by atoms with Gasteiger partial charge in [0.1, 0.15) is 12.8 Å². The molecular weight excluding hydrogens is 340 g/mol. The number of rotatable bonds is 3. The van der Waals surface area contributed by atoms with Crippen LogP contribution in [-0.4, -0.2) is 30.4 Å². The standard InChI is InChI=1S/C4H4F7N.C3H4F5N/c5-2(6,4(10,11)12)1-3(7,8)9;4-2(5,6)1-3(7,8)9/h1,12H2;1,9H2. The molecule has 0 rings (SSSR count). The molecule has 130 valence electrons. The molecule has 0 bridgehead atoms. The highest BCUT2D eigenvalue weighted by molar-refractivity contribution is 4.81. The molecule has 0 saturated heterocycles. The first-order chi connectivity index (χ1) is 8.66. The minimum Gasteiger partial charge on any atom is -0.272 e. The summed E-state index contributed by atoms with van der Waals surface area (Å²) in [6, 6.07) is -9.29. The second-order valence-electron chi connectivity index (χ2n) is 3.67. The summed E-state index contributed by atoms with van der Waals surface area (Å²) in [5.41, 5.74) is 7.31. The third-order valence-electron chi connectivity index (χ3n) is 1.35. The molecule has 14 heteroatoms. The van der Waals surface area contributed by atoms with E-state index in [-0.39, 0.29) is 0 Å². The molecule has 0 atom stereocenters. The largest absolute Gasteiger partial charge is 0.396 e. The lowest BCUT2D eigenvalue weighted by atomic mass is 10.2. The molecule has 0 spiro atoms. The monoisotopic (exact) mass is 348 g/mol. The number of hydrogen-bond acceptors (Lipinski definition) is 2. The fraction of sp³-hybridized carbons (Fsp3) is 1.00. The van der Waals surface area contributed by atoms with Crippen molar-refractivity contribution >= 4 is 0 Å². The van der Waals surface area contributed by atoms with Crippen molar-refractivity contribution < 1.29 is 52.7 Å². The average molecular weight is 348 g/mol.